The highest BCUT2D eigenvalue weighted by atomic mass is 35.5. The van der Waals surface area contributed by atoms with Crippen molar-refractivity contribution in [3.8, 4) is 0 Å². The van der Waals surface area contributed by atoms with E-state index in [4.69, 9.17) is 40.0 Å². The normalized spacial score (nSPS) is 34.0. The second kappa shape index (κ2) is 15.0. The zero-order valence-corrected chi connectivity index (χ0v) is 25.6. The first-order chi connectivity index (χ1) is 22.7. The molecule has 3 aliphatic rings. The van der Waals surface area contributed by atoms with Gasteiger partial charge in [0.1, 0.15) is 48.8 Å². The Bertz CT molecular complexity index is 1490. The number of rotatable bonds is 9. The van der Waals surface area contributed by atoms with E-state index in [-0.39, 0.29) is 18.2 Å². The third-order valence-electron chi connectivity index (χ3n) is 8.13. The fourth-order valence-corrected chi connectivity index (χ4v) is 5.78. The van der Waals surface area contributed by atoms with Gasteiger partial charge >= 0.3 is 0 Å². The van der Waals surface area contributed by atoms with E-state index in [1.54, 1.807) is 36.5 Å². The highest BCUT2D eigenvalue weighted by Gasteiger charge is 2.53. The van der Waals surface area contributed by atoms with Gasteiger partial charge in [0.2, 0.25) is 0 Å². The van der Waals surface area contributed by atoms with Crippen LogP contribution in [0, 0.1) is 0 Å². The largest absolute Gasteiger partial charge is 0.394 e. The van der Waals surface area contributed by atoms with Crippen molar-refractivity contribution in [1.29, 1.82) is 0 Å². The summed E-state index contributed by atoms with van der Waals surface area (Å²) in [4.78, 5) is 16.5. The van der Waals surface area contributed by atoms with E-state index < -0.39 is 80.2 Å². The predicted octanol–water partition coefficient (Wildman–Crippen LogP) is 0.889. The van der Waals surface area contributed by atoms with Crippen LogP contribution in [0.5, 0.6) is 0 Å². The number of hydrogen-bond donors (Lipinski definition) is 6. The summed E-state index contributed by atoms with van der Waals surface area (Å²) >= 11 is 6.27. The van der Waals surface area contributed by atoms with Gasteiger partial charge in [0.25, 0.3) is 5.91 Å². The van der Waals surface area contributed by atoms with Gasteiger partial charge in [-0.1, -0.05) is 48.0 Å². The molecule has 3 saturated heterocycles. The van der Waals surface area contributed by atoms with Gasteiger partial charge < -0.3 is 59.3 Å². The summed E-state index contributed by atoms with van der Waals surface area (Å²) in [6.07, 6.45) is -11.4. The molecule has 0 aliphatic carbocycles. The number of nitrogens with zero attached hydrogens (tertiary/aromatic N) is 1. The summed E-state index contributed by atoms with van der Waals surface area (Å²) in [5, 5.41) is 56.7. The van der Waals surface area contributed by atoms with E-state index >= 15 is 0 Å². The lowest BCUT2D eigenvalue weighted by Crippen LogP contribution is -2.65. The number of aliphatic hydroxyl groups is 5. The molecule has 3 aromatic rings. The van der Waals surface area contributed by atoms with Crippen LogP contribution in [0.25, 0.3) is 0 Å². The third kappa shape index (κ3) is 7.49. The number of anilines is 1. The summed E-state index contributed by atoms with van der Waals surface area (Å²) in [5.41, 5.74) is 1.93. The maximum absolute atomic E-state index is 12.6. The molecule has 1 aromatic heterocycles. The summed E-state index contributed by atoms with van der Waals surface area (Å²) in [7, 11) is 0. The van der Waals surface area contributed by atoms with Crippen molar-refractivity contribution in [2.45, 2.75) is 74.3 Å². The zero-order chi connectivity index (χ0) is 33.1. The second-order valence-electron chi connectivity index (χ2n) is 11.3. The molecular formula is C32H35ClN2O12. The van der Waals surface area contributed by atoms with Gasteiger partial charge in [-0.15, -0.1) is 0 Å². The highest BCUT2D eigenvalue weighted by Crippen LogP contribution is 2.36. The Hall–Kier alpha value is -3.09. The van der Waals surface area contributed by atoms with Crippen LogP contribution in [0.4, 0.5) is 5.69 Å². The molecule has 3 aliphatic heterocycles. The topological polar surface area (TPSA) is 199 Å². The fourth-order valence-electron chi connectivity index (χ4n) is 5.61. The minimum Gasteiger partial charge on any atom is -0.394 e. The number of ether oxygens (including phenoxy) is 6. The van der Waals surface area contributed by atoms with Crippen LogP contribution in [0.2, 0.25) is 5.02 Å². The molecule has 2 aromatic carbocycles. The van der Waals surface area contributed by atoms with Gasteiger partial charge in [-0.25, -0.2) is 0 Å². The van der Waals surface area contributed by atoms with Gasteiger partial charge in [0.05, 0.1) is 36.1 Å². The van der Waals surface area contributed by atoms with Crippen LogP contribution >= 0.6 is 11.6 Å². The van der Waals surface area contributed by atoms with E-state index in [2.05, 4.69) is 10.3 Å². The van der Waals surface area contributed by atoms with Gasteiger partial charge in [-0.2, -0.15) is 0 Å². The number of aromatic nitrogens is 1. The molecule has 0 saturated carbocycles. The Balaban J connectivity index is 1.06. The van der Waals surface area contributed by atoms with Gasteiger partial charge in [-0.05, 0) is 29.8 Å². The molecule has 47 heavy (non-hydrogen) atoms. The molecule has 1 unspecified atom stereocenters. The lowest BCUT2D eigenvalue weighted by molar-refractivity contribution is -0.386. The predicted molar refractivity (Wildman–Crippen MR) is 162 cm³/mol. The van der Waals surface area contributed by atoms with E-state index in [9.17, 15) is 30.3 Å². The Morgan fingerprint density at radius 2 is 1.72 bits per heavy atom. The molecule has 4 heterocycles. The van der Waals surface area contributed by atoms with Gasteiger partial charge in [0.15, 0.2) is 18.9 Å². The third-order valence-corrected chi connectivity index (χ3v) is 8.46. The van der Waals surface area contributed by atoms with Crippen LogP contribution < -0.4 is 5.32 Å². The lowest BCUT2D eigenvalue weighted by atomic mass is 9.96. The molecule has 0 bridgehead atoms. The van der Waals surface area contributed by atoms with Gasteiger partial charge in [0, 0.05) is 18.0 Å². The first-order valence-corrected chi connectivity index (χ1v) is 15.3. The SMILES string of the molecule is O=C(Nc1cc(CO[C@@H]2O[C@H](CO)[C@@H](O[C@H]3O[C@@H]4COC(c5ccccc5)O[C@H]4[C@H](O)[C@H]3O)[C@H](O)[C@H]2O)ccc1Cl)c1cccnc1. The molecule has 14 nitrogen and oxygen atoms in total. The van der Waals surface area contributed by atoms with E-state index in [0.717, 1.165) is 5.56 Å². The Morgan fingerprint density at radius 1 is 0.936 bits per heavy atom. The van der Waals surface area contributed by atoms with Crippen molar-refractivity contribution >= 4 is 23.2 Å². The summed E-state index contributed by atoms with van der Waals surface area (Å²) in [5.74, 6) is -0.418. The lowest BCUT2D eigenvalue weighted by Gasteiger charge is -2.48. The average molecular weight is 675 g/mol. The number of benzene rings is 2. The fraction of sp³-hybridized carbons (Fsp3) is 0.438. The number of fused-ring (bicyclic) bond motifs is 1. The number of nitrogens with one attached hydrogen (secondary N) is 1. The van der Waals surface area contributed by atoms with E-state index in [1.165, 1.54) is 6.20 Å². The van der Waals surface area contributed by atoms with Crippen molar-refractivity contribution in [1.82, 2.24) is 4.98 Å². The Labute approximate surface area is 274 Å². The number of pyridine rings is 1. The van der Waals surface area contributed by atoms with Crippen molar-refractivity contribution in [3.63, 3.8) is 0 Å². The van der Waals surface area contributed by atoms with Crippen LogP contribution in [0.1, 0.15) is 27.8 Å². The smallest absolute Gasteiger partial charge is 0.257 e. The number of carbonyl (C=O) groups excluding carboxylic acids is 1. The van der Waals surface area contributed by atoms with Gasteiger partial charge in [-0.3, -0.25) is 9.78 Å². The average Bonchev–Trinajstić information content (AvgIpc) is 3.10. The molecule has 15 heteroatoms. The monoisotopic (exact) mass is 674 g/mol. The number of amides is 1. The molecule has 6 rings (SSSR count). The van der Waals surface area contributed by atoms with Crippen molar-refractivity contribution < 1.29 is 58.7 Å². The molecule has 3 fully saturated rings. The number of hydrogen-bond acceptors (Lipinski definition) is 13. The Morgan fingerprint density at radius 3 is 2.47 bits per heavy atom. The molecule has 11 atom stereocenters. The first-order valence-electron chi connectivity index (χ1n) is 15.0. The van der Waals surface area contributed by atoms with Crippen LogP contribution in [-0.4, -0.2) is 111 Å². The summed E-state index contributed by atoms with van der Waals surface area (Å²) in [6, 6.07) is 17.1. The molecule has 252 valence electrons. The molecule has 1 amide bonds. The van der Waals surface area contributed by atoms with E-state index in [0.29, 0.717) is 16.8 Å². The molecule has 6 N–H and O–H groups in total. The van der Waals surface area contributed by atoms with Crippen molar-refractivity contribution in [2.75, 3.05) is 18.5 Å². The molecule has 0 radical (unpaired) electrons. The van der Waals surface area contributed by atoms with Crippen molar-refractivity contribution in [2.24, 2.45) is 0 Å². The summed E-state index contributed by atoms with van der Waals surface area (Å²) in [6.45, 7) is -0.768. The molecular weight excluding hydrogens is 640 g/mol. The van der Waals surface area contributed by atoms with Crippen LogP contribution in [0.3, 0.4) is 0 Å². The summed E-state index contributed by atoms with van der Waals surface area (Å²) < 4.78 is 34.8. The zero-order valence-electron chi connectivity index (χ0n) is 24.8. The number of carbonyl (C=O) groups is 1. The van der Waals surface area contributed by atoms with Crippen molar-refractivity contribution in [3.05, 3.63) is 94.8 Å². The number of halogens is 1. The maximum atomic E-state index is 12.6. The quantitative estimate of drug-likeness (QED) is 0.187. The second-order valence-corrected chi connectivity index (χ2v) is 11.7. The van der Waals surface area contributed by atoms with Crippen LogP contribution in [0.15, 0.2) is 73.1 Å². The maximum Gasteiger partial charge on any atom is 0.257 e. The van der Waals surface area contributed by atoms with E-state index in [1.807, 2.05) is 30.3 Å². The minimum absolute atomic E-state index is 0.0130. The highest BCUT2D eigenvalue weighted by molar-refractivity contribution is 6.34. The Kier molecular flexibility index (Phi) is 10.8. The molecule has 0 spiro atoms. The first kappa shape index (κ1) is 33.8. The number of aliphatic hydroxyl groups excluding tert-OH is 5. The standard InChI is InChI=1S/C32H35ClN2O12/c33-19-9-8-16(11-20(19)35-29(41)18-7-4-10-34-12-18)14-42-31-25(39)23(37)27(21(13-36)44-31)47-32-26(40)24(38)28-22(45-32)15-43-30(46-28)17-5-2-1-3-6-17/h1-12,21-28,30-32,36-40H,13-15H2,(H,35,41)/t21-,22-,23-,24-,25-,26-,27-,28-,30?,31-,32-/m1/s1. The minimum atomic E-state index is -1.66. The van der Waals surface area contributed by atoms with Crippen LogP contribution in [-0.2, 0) is 35.0 Å².